The molecule has 1 N–H and O–H groups in total. The van der Waals surface area contributed by atoms with Crippen molar-refractivity contribution >= 4 is 0 Å². The van der Waals surface area contributed by atoms with Gasteiger partial charge in [0, 0.05) is 17.5 Å². The minimum Gasteiger partial charge on any atom is -0.504 e. The van der Waals surface area contributed by atoms with E-state index in [2.05, 4.69) is 6.08 Å². The van der Waals surface area contributed by atoms with Crippen LogP contribution in [0, 0.1) is 5.92 Å². The van der Waals surface area contributed by atoms with Gasteiger partial charge in [-0.1, -0.05) is 18.1 Å². The van der Waals surface area contributed by atoms with Crippen molar-refractivity contribution < 1.29 is 14.6 Å². The van der Waals surface area contributed by atoms with Crippen molar-refractivity contribution in [3.8, 4) is 17.2 Å². The van der Waals surface area contributed by atoms with E-state index in [1.54, 1.807) is 25.9 Å². The highest BCUT2D eigenvalue weighted by atomic mass is 16.5. The number of aromatic hydroxyl groups is 1. The summed E-state index contributed by atoms with van der Waals surface area (Å²) in [6.07, 6.45) is 9.90. The van der Waals surface area contributed by atoms with Crippen LogP contribution < -0.4 is 9.47 Å². The number of rotatable bonds is 3. The van der Waals surface area contributed by atoms with Crippen molar-refractivity contribution in [1.29, 1.82) is 0 Å². The van der Waals surface area contributed by atoms with Crippen LogP contribution in [-0.2, 0) is 0 Å². The summed E-state index contributed by atoms with van der Waals surface area (Å²) in [6, 6.07) is 3.65. The molecule has 0 aromatic heterocycles. The maximum absolute atomic E-state index is 10.2. The van der Waals surface area contributed by atoms with Crippen molar-refractivity contribution in [3.05, 3.63) is 29.3 Å². The Balaban J connectivity index is 2.05. The number of hydrogen-bond donors (Lipinski definition) is 1. The number of hydrogen-bond acceptors (Lipinski definition) is 3. The lowest BCUT2D eigenvalue weighted by atomic mass is 9.69. The summed E-state index contributed by atoms with van der Waals surface area (Å²) in [5.74, 6) is 2.55. The van der Waals surface area contributed by atoms with Gasteiger partial charge in [-0.2, -0.15) is 0 Å². The van der Waals surface area contributed by atoms with Crippen LogP contribution in [0.3, 0.4) is 0 Å². The van der Waals surface area contributed by atoms with Gasteiger partial charge in [0.1, 0.15) is 5.75 Å². The third-order valence-corrected chi connectivity index (χ3v) is 4.94. The zero-order valence-corrected chi connectivity index (χ0v) is 12.9. The standard InChI is InChI=1S/C18H24O3/c1-20-13-10-16(18(21-2)17(19)11-13)15-9-5-7-12-6-3-4-8-14(12)15/h8,10-12,15,19H,3-7,9H2,1-2H3. The quantitative estimate of drug-likeness (QED) is 0.838. The summed E-state index contributed by atoms with van der Waals surface area (Å²) in [4.78, 5) is 0. The van der Waals surface area contributed by atoms with Crippen LogP contribution in [0.1, 0.15) is 50.0 Å². The largest absolute Gasteiger partial charge is 0.504 e. The zero-order valence-electron chi connectivity index (χ0n) is 12.9. The molecular weight excluding hydrogens is 264 g/mol. The summed E-state index contributed by atoms with van der Waals surface area (Å²) in [7, 11) is 3.26. The molecule has 0 spiro atoms. The van der Waals surface area contributed by atoms with Crippen LogP contribution in [0.15, 0.2) is 23.8 Å². The first-order valence-electron chi connectivity index (χ1n) is 7.89. The molecule has 2 unspecified atom stereocenters. The minimum absolute atomic E-state index is 0.172. The monoisotopic (exact) mass is 288 g/mol. The van der Waals surface area contributed by atoms with E-state index in [1.165, 1.54) is 32.1 Å². The van der Waals surface area contributed by atoms with Crippen molar-refractivity contribution in [2.75, 3.05) is 14.2 Å². The summed E-state index contributed by atoms with van der Waals surface area (Å²) < 4.78 is 10.8. The average molecular weight is 288 g/mol. The van der Waals surface area contributed by atoms with E-state index in [-0.39, 0.29) is 5.75 Å². The van der Waals surface area contributed by atoms with Gasteiger partial charge in [-0.3, -0.25) is 0 Å². The van der Waals surface area contributed by atoms with Crippen LogP contribution in [-0.4, -0.2) is 19.3 Å². The number of methoxy groups -OCH3 is 2. The number of ether oxygens (including phenoxy) is 2. The normalized spacial score (nSPS) is 25.0. The maximum atomic E-state index is 10.2. The van der Waals surface area contributed by atoms with Gasteiger partial charge in [-0.15, -0.1) is 0 Å². The zero-order chi connectivity index (χ0) is 14.8. The lowest BCUT2D eigenvalue weighted by molar-refractivity contribution is 0.343. The van der Waals surface area contributed by atoms with Crippen molar-refractivity contribution in [3.63, 3.8) is 0 Å². The summed E-state index contributed by atoms with van der Waals surface area (Å²) in [5.41, 5.74) is 2.63. The molecule has 1 saturated carbocycles. The fraction of sp³-hybridized carbons (Fsp3) is 0.556. The highest BCUT2D eigenvalue weighted by Gasteiger charge is 2.32. The Kier molecular flexibility index (Phi) is 4.09. The van der Waals surface area contributed by atoms with E-state index >= 15 is 0 Å². The van der Waals surface area contributed by atoms with Crippen LogP contribution in [0.5, 0.6) is 17.2 Å². The molecule has 0 aliphatic heterocycles. The molecule has 114 valence electrons. The summed E-state index contributed by atoms with van der Waals surface area (Å²) in [5, 5.41) is 10.2. The molecule has 2 aliphatic carbocycles. The molecule has 0 bridgehead atoms. The van der Waals surface area contributed by atoms with E-state index in [0.717, 1.165) is 17.9 Å². The Morgan fingerprint density at radius 1 is 1.05 bits per heavy atom. The Labute approximate surface area is 126 Å². The molecule has 1 aromatic carbocycles. The van der Waals surface area contributed by atoms with Crippen molar-refractivity contribution in [2.45, 2.75) is 44.4 Å². The van der Waals surface area contributed by atoms with E-state index < -0.39 is 0 Å². The minimum atomic E-state index is 0.172. The fourth-order valence-corrected chi connectivity index (χ4v) is 3.98. The van der Waals surface area contributed by atoms with Gasteiger partial charge in [0.25, 0.3) is 0 Å². The van der Waals surface area contributed by atoms with Crippen LogP contribution in [0.2, 0.25) is 0 Å². The third-order valence-electron chi connectivity index (χ3n) is 4.94. The van der Waals surface area contributed by atoms with Gasteiger partial charge >= 0.3 is 0 Å². The first-order chi connectivity index (χ1) is 10.2. The molecule has 2 atom stereocenters. The average Bonchev–Trinajstić information content (AvgIpc) is 2.53. The van der Waals surface area contributed by atoms with Crippen LogP contribution >= 0.6 is 0 Å². The molecule has 0 radical (unpaired) electrons. The molecule has 3 nitrogen and oxygen atoms in total. The number of allylic oxidation sites excluding steroid dienone is 2. The molecule has 0 amide bonds. The Morgan fingerprint density at radius 2 is 1.86 bits per heavy atom. The summed E-state index contributed by atoms with van der Waals surface area (Å²) >= 11 is 0. The topological polar surface area (TPSA) is 38.7 Å². The lowest BCUT2D eigenvalue weighted by Crippen LogP contribution is -2.21. The third kappa shape index (κ3) is 2.61. The molecule has 1 fully saturated rings. The Bertz CT molecular complexity index is 548. The predicted octanol–water partition coefficient (Wildman–Crippen LogP) is 4.40. The second-order valence-electron chi connectivity index (χ2n) is 6.08. The van der Waals surface area contributed by atoms with Crippen molar-refractivity contribution in [1.82, 2.24) is 0 Å². The second kappa shape index (κ2) is 6.00. The summed E-state index contributed by atoms with van der Waals surface area (Å²) in [6.45, 7) is 0. The molecule has 21 heavy (non-hydrogen) atoms. The van der Waals surface area contributed by atoms with Crippen molar-refractivity contribution in [2.24, 2.45) is 5.92 Å². The molecule has 3 heteroatoms. The van der Waals surface area contributed by atoms with Crippen LogP contribution in [0.25, 0.3) is 0 Å². The predicted molar refractivity (Wildman–Crippen MR) is 83.2 cm³/mol. The first kappa shape index (κ1) is 14.3. The highest BCUT2D eigenvalue weighted by molar-refractivity contribution is 5.54. The molecule has 2 aliphatic rings. The van der Waals surface area contributed by atoms with E-state index in [9.17, 15) is 5.11 Å². The lowest BCUT2D eigenvalue weighted by Gasteiger charge is -2.36. The number of phenols is 1. The second-order valence-corrected chi connectivity index (χ2v) is 6.08. The van der Waals surface area contributed by atoms with Gasteiger partial charge in [0.05, 0.1) is 14.2 Å². The van der Waals surface area contributed by atoms with Gasteiger partial charge in [0.2, 0.25) is 0 Å². The smallest absolute Gasteiger partial charge is 0.164 e. The van der Waals surface area contributed by atoms with Crippen LogP contribution in [0.4, 0.5) is 0 Å². The maximum Gasteiger partial charge on any atom is 0.164 e. The van der Waals surface area contributed by atoms with Gasteiger partial charge in [0.15, 0.2) is 11.5 Å². The van der Waals surface area contributed by atoms with E-state index in [1.807, 2.05) is 6.07 Å². The molecule has 3 rings (SSSR count). The Morgan fingerprint density at radius 3 is 2.62 bits per heavy atom. The molecule has 0 heterocycles. The SMILES string of the molecule is COc1cc(O)c(OC)c(C2CCCC3CCCC=C32)c1. The molecule has 1 aromatic rings. The molecular formula is C18H24O3. The molecule has 0 saturated heterocycles. The van der Waals surface area contributed by atoms with Gasteiger partial charge in [-0.05, 0) is 44.1 Å². The van der Waals surface area contributed by atoms with Gasteiger partial charge in [-0.25, -0.2) is 0 Å². The Hall–Kier alpha value is -1.64. The van der Waals surface area contributed by atoms with E-state index in [4.69, 9.17) is 9.47 Å². The number of phenolic OH excluding ortho intramolecular Hbond substituents is 1. The van der Waals surface area contributed by atoms with Gasteiger partial charge < -0.3 is 14.6 Å². The fourth-order valence-electron chi connectivity index (χ4n) is 3.98. The number of fused-ring (bicyclic) bond motifs is 1. The number of benzene rings is 1. The highest BCUT2D eigenvalue weighted by Crippen LogP contribution is 2.49. The first-order valence-corrected chi connectivity index (χ1v) is 7.89. The van der Waals surface area contributed by atoms with E-state index in [0.29, 0.717) is 17.4 Å².